The molecule has 1 aromatic rings. The lowest BCUT2D eigenvalue weighted by Gasteiger charge is -2.25. The van der Waals surface area contributed by atoms with E-state index in [1.54, 1.807) is 7.11 Å². The summed E-state index contributed by atoms with van der Waals surface area (Å²) in [6.45, 7) is 0. The van der Waals surface area contributed by atoms with E-state index < -0.39 is 0 Å². The second-order valence-electron chi connectivity index (χ2n) is 3.94. The van der Waals surface area contributed by atoms with Crippen molar-refractivity contribution in [3.8, 4) is 5.75 Å². The molecule has 1 aliphatic carbocycles. The van der Waals surface area contributed by atoms with Crippen LogP contribution < -0.4 is 10.5 Å². The molecule has 1 aromatic carbocycles. The molecule has 15 heavy (non-hydrogen) atoms. The van der Waals surface area contributed by atoms with Crippen molar-refractivity contribution >= 4 is 17.2 Å². The highest BCUT2D eigenvalue weighted by molar-refractivity contribution is 7.80. The van der Waals surface area contributed by atoms with Gasteiger partial charge >= 0.3 is 0 Å². The highest BCUT2D eigenvalue weighted by Gasteiger charge is 2.22. The van der Waals surface area contributed by atoms with Crippen LogP contribution in [0.4, 0.5) is 0 Å². The first kappa shape index (κ1) is 10.4. The van der Waals surface area contributed by atoms with E-state index in [2.05, 4.69) is 6.07 Å². The zero-order valence-electron chi connectivity index (χ0n) is 8.82. The highest BCUT2D eigenvalue weighted by atomic mass is 32.1. The molecule has 0 bridgehead atoms. The highest BCUT2D eigenvalue weighted by Crippen LogP contribution is 2.31. The van der Waals surface area contributed by atoms with Crippen molar-refractivity contribution < 1.29 is 4.74 Å². The van der Waals surface area contributed by atoms with Crippen LogP contribution in [-0.2, 0) is 12.8 Å². The lowest BCUT2D eigenvalue weighted by atomic mass is 9.83. The first-order valence-corrected chi connectivity index (χ1v) is 5.57. The Morgan fingerprint density at radius 2 is 2.33 bits per heavy atom. The average molecular weight is 221 g/mol. The van der Waals surface area contributed by atoms with Crippen LogP contribution in [0.1, 0.15) is 17.5 Å². The van der Waals surface area contributed by atoms with Gasteiger partial charge in [0, 0.05) is 5.92 Å². The van der Waals surface area contributed by atoms with Gasteiger partial charge in [-0.05, 0) is 36.5 Å². The molecule has 0 spiro atoms. The molecule has 1 aliphatic rings. The summed E-state index contributed by atoms with van der Waals surface area (Å²) in [6, 6.07) is 6.18. The van der Waals surface area contributed by atoms with Crippen LogP contribution in [0.25, 0.3) is 0 Å². The van der Waals surface area contributed by atoms with E-state index >= 15 is 0 Å². The molecule has 0 fully saturated rings. The summed E-state index contributed by atoms with van der Waals surface area (Å²) in [7, 11) is 1.72. The maximum absolute atomic E-state index is 5.70. The predicted octanol–water partition coefficient (Wildman–Crippen LogP) is 2.09. The van der Waals surface area contributed by atoms with Crippen LogP contribution in [-0.4, -0.2) is 12.1 Å². The summed E-state index contributed by atoms with van der Waals surface area (Å²) in [5.74, 6) is 1.36. The van der Waals surface area contributed by atoms with Crippen LogP contribution >= 0.6 is 12.2 Å². The van der Waals surface area contributed by atoms with E-state index in [9.17, 15) is 0 Å². The molecule has 0 saturated carbocycles. The number of fused-ring (bicyclic) bond motifs is 1. The molecular formula is C12H15NOS. The van der Waals surface area contributed by atoms with Crippen molar-refractivity contribution in [1.82, 2.24) is 0 Å². The summed E-state index contributed by atoms with van der Waals surface area (Å²) < 4.78 is 5.34. The van der Waals surface area contributed by atoms with E-state index in [-0.39, 0.29) is 0 Å². The summed E-state index contributed by atoms with van der Waals surface area (Å²) in [6.07, 6.45) is 3.02. The number of ether oxygens (including phenoxy) is 1. The first-order chi connectivity index (χ1) is 7.22. The molecule has 0 amide bonds. The average Bonchev–Trinajstić information content (AvgIpc) is 2.27. The van der Waals surface area contributed by atoms with Gasteiger partial charge in [-0.1, -0.05) is 24.4 Å². The third-order valence-corrected chi connectivity index (χ3v) is 3.39. The molecule has 1 unspecified atom stereocenters. The Hall–Kier alpha value is -1.09. The van der Waals surface area contributed by atoms with Gasteiger partial charge in [0.25, 0.3) is 0 Å². The second-order valence-corrected chi connectivity index (χ2v) is 4.41. The smallest absolute Gasteiger partial charge is 0.122 e. The minimum Gasteiger partial charge on any atom is -0.496 e. The number of hydrogen-bond acceptors (Lipinski definition) is 2. The van der Waals surface area contributed by atoms with Gasteiger partial charge in [-0.15, -0.1) is 0 Å². The Labute approximate surface area is 95.4 Å². The Morgan fingerprint density at radius 1 is 1.53 bits per heavy atom. The topological polar surface area (TPSA) is 35.2 Å². The van der Waals surface area contributed by atoms with Gasteiger partial charge in [-0.3, -0.25) is 0 Å². The standard InChI is InChI=1S/C12H15NOS/c1-14-11-4-2-3-8-7-9(12(13)15)5-6-10(8)11/h2-4,9H,5-7H2,1H3,(H2,13,15). The van der Waals surface area contributed by atoms with Crippen molar-refractivity contribution in [3.05, 3.63) is 29.3 Å². The predicted molar refractivity (Wildman–Crippen MR) is 65.3 cm³/mol. The maximum atomic E-state index is 5.70. The molecule has 2 N–H and O–H groups in total. The Kier molecular flexibility index (Phi) is 2.91. The minimum atomic E-state index is 0.361. The number of rotatable bonds is 2. The summed E-state index contributed by atoms with van der Waals surface area (Å²) in [5, 5.41) is 0. The van der Waals surface area contributed by atoms with Crippen LogP contribution in [0.5, 0.6) is 5.75 Å². The third kappa shape index (κ3) is 1.97. The van der Waals surface area contributed by atoms with Gasteiger partial charge in [0.05, 0.1) is 12.1 Å². The number of hydrogen-bond donors (Lipinski definition) is 1. The lowest BCUT2D eigenvalue weighted by Crippen LogP contribution is -2.27. The SMILES string of the molecule is COc1cccc2c1CCC(C(N)=S)C2. The van der Waals surface area contributed by atoms with Crippen LogP contribution in [0.15, 0.2) is 18.2 Å². The Morgan fingerprint density at radius 3 is 3.00 bits per heavy atom. The van der Waals surface area contributed by atoms with Crippen molar-refractivity contribution in [2.45, 2.75) is 19.3 Å². The monoisotopic (exact) mass is 221 g/mol. The molecule has 0 aliphatic heterocycles. The molecule has 1 atom stereocenters. The van der Waals surface area contributed by atoms with Crippen molar-refractivity contribution in [2.75, 3.05) is 7.11 Å². The summed E-state index contributed by atoms with van der Waals surface area (Å²) >= 11 is 5.05. The molecule has 0 aromatic heterocycles. The van der Waals surface area contributed by atoms with E-state index in [1.807, 2.05) is 12.1 Å². The van der Waals surface area contributed by atoms with E-state index in [0.29, 0.717) is 10.9 Å². The number of thiocarbonyl (C=S) groups is 1. The van der Waals surface area contributed by atoms with Crippen LogP contribution in [0, 0.1) is 5.92 Å². The second kappa shape index (κ2) is 4.19. The molecule has 0 radical (unpaired) electrons. The molecule has 0 saturated heterocycles. The number of methoxy groups -OCH3 is 1. The van der Waals surface area contributed by atoms with Gasteiger partial charge in [0.1, 0.15) is 5.75 Å². The molecule has 3 heteroatoms. The molecule has 2 rings (SSSR count). The van der Waals surface area contributed by atoms with Gasteiger partial charge in [0.15, 0.2) is 0 Å². The fraction of sp³-hybridized carbons (Fsp3) is 0.417. The van der Waals surface area contributed by atoms with E-state index in [4.69, 9.17) is 22.7 Å². The third-order valence-electron chi connectivity index (χ3n) is 3.06. The Balaban J connectivity index is 2.31. The maximum Gasteiger partial charge on any atom is 0.122 e. The summed E-state index contributed by atoms with van der Waals surface area (Å²) in [4.78, 5) is 0.642. The van der Waals surface area contributed by atoms with Gasteiger partial charge in [-0.2, -0.15) is 0 Å². The largest absolute Gasteiger partial charge is 0.496 e. The zero-order chi connectivity index (χ0) is 10.8. The zero-order valence-corrected chi connectivity index (χ0v) is 9.64. The fourth-order valence-electron chi connectivity index (χ4n) is 2.21. The van der Waals surface area contributed by atoms with E-state index in [1.165, 1.54) is 11.1 Å². The van der Waals surface area contributed by atoms with Crippen molar-refractivity contribution in [1.29, 1.82) is 0 Å². The number of nitrogens with two attached hydrogens (primary N) is 1. The van der Waals surface area contributed by atoms with Crippen molar-refractivity contribution in [3.63, 3.8) is 0 Å². The fourth-order valence-corrected chi connectivity index (χ4v) is 2.41. The molecule has 80 valence electrons. The van der Waals surface area contributed by atoms with Gasteiger partial charge in [0.2, 0.25) is 0 Å². The summed E-state index contributed by atoms with van der Waals surface area (Å²) in [5.41, 5.74) is 8.35. The quantitative estimate of drug-likeness (QED) is 0.777. The van der Waals surface area contributed by atoms with Crippen LogP contribution in [0.3, 0.4) is 0 Å². The normalized spacial score (nSPS) is 19.4. The van der Waals surface area contributed by atoms with E-state index in [0.717, 1.165) is 25.0 Å². The van der Waals surface area contributed by atoms with Gasteiger partial charge in [-0.25, -0.2) is 0 Å². The molecule has 0 heterocycles. The van der Waals surface area contributed by atoms with Gasteiger partial charge < -0.3 is 10.5 Å². The Bertz CT molecular complexity index is 389. The first-order valence-electron chi connectivity index (χ1n) is 5.16. The van der Waals surface area contributed by atoms with Crippen LogP contribution in [0.2, 0.25) is 0 Å². The molecule has 2 nitrogen and oxygen atoms in total. The van der Waals surface area contributed by atoms with Crippen molar-refractivity contribution in [2.24, 2.45) is 11.7 Å². The minimum absolute atomic E-state index is 0.361. The molecular weight excluding hydrogens is 206 g/mol. The number of benzene rings is 1. The lowest BCUT2D eigenvalue weighted by molar-refractivity contribution is 0.404.